The van der Waals surface area contributed by atoms with Crippen LogP contribution in [0.5, 0.6) is 11.5 Å². The van der Waals surface area contributed by atoms with Crippen LogP contribution >= 0.6 is 0 Å². The van der Waals surface area contributed by atoms with E-state index in [0.29, 0.717) is 36.9 Å². The van der Waals surface area contributed by atoms with Crippen LogP contribution in [0.4, 0.5) is 5.69 Å². The zero-order valence-corrected chi connectivity index (χ0v) is 15.8. The molecule has 0 saturated heterocycles. The van der Waals surface area contributed by atoms with Gasteiger partial charge in [0.05, 0.1) is 0 Å². The van der Waals surface area contributed by atoms with Gasteiger partial charge in [0.1, 0.15) is 18.6 Å². The summed E-state index contributed by atoms with van der Waals surface area (Å²) in [7, 11) is 1.70. The SMILES string of the molecule is CN(Cc1ccccc1)C(=O)C(C)(C)C(=O)Nc1ccc2c(c1)OCCO2. The number of carbonyl (C=O) groups is 2. The number of anilines is 1. The third-order valence-corrected chi connectivity index (χ3v) is 4.51. The summed E-state index contributed by atoms with van der Waals surface area (Å²) in [5, 5.41) is 2.81. The molecular weight excluding hydrogens is 344 g/mol. The molecule has 27 heavy (non-hydrogen) atoms. The molecule has 1 heterocycles. The van der Waals surface area contributed by atoms with E-state index in [2.05, 4.69) is 5.32 Å². The molecule has 0 saturated carbocycles. The lowest BCUT2D eigenvalue weighted by Gasteiger charge is -2.28. The molecule has 0 bridgehead atoms. The number of carbonyl (C=O) groups excluding carboxylic acids is 2. The standard InChI is InChI=1S/C21H24N2O4/c1-21(2,20(25)23(3)14-15-7-5-4-6-8-15)19(24)22-16-9-10-17-18(13-16)27-12-11-26-17/h4-10,13H,11-12,14H2,1-3H3,(H,22,24). The van der Waals surface area contributed by atoms with Crippen molar-refractivity contribution in [2.75, 3.05) is 25.6 Å². The molecular formula is C21H24N2O4. The Balaban J connectivity index is 1.68. The Kier molecular flexibility index (Phi) is 5.35. The quantitative estimate of drug-likeness (QED) is 0.824. The normalized spacial score (nSPS) is 13.0. The van der Waals surface area contributed by atoms with E-state index in [4.69, 9.17) is 9.47 Å². The average Bonchev–Trinajstić information content (AvgIpc) is 2.68. The molecule has 0 radical (unpaired) electrons. The van der Waals surface area contributed by atoms with E-state index in [-0.39, 0.29) is 11.8 Å². The lowest BCUT2D eigenvalue weighted by molar-refractivity contribution is -0.145. The second-order valence-corrected chi connectivity index (χ2v) is 7.08. The minimum atomic E-state index is -1.21. The van der Waals surface area contributed by atoms with E-state index >= 15 is 0 Å². The molecule has 142 valence electrons. The molecule has 6 nitrogen and oxygen atoms in total. The van der Waals surface area contributed by atoms with E-state index in [9.17, 15) is 9.59 Å². The summed E-state index contributed by atoms with van der Waals surface area (Å²) in [6.45, 7) is 4.68. The molecule has 0 unspecified atom stereocenters. The number of amides is 2. The van der Waals surface area contributed by atoms with Gasteiger partial charge in [-0.3, -0.25) is 9.59 Å². The van der Waals surface area contributed by atoms with Crippen LogP contribution in [0.3, 0.4) is 0 Å². The highest BCUT2D eigenvalue weighted by atomic mass is 16.6. The smallest absolute Gasteiger partial charge is 0.239 e. The summed E-state index contributed by atoms with van der Waals surface area (Å²) in [5.74, 6) is 0.618. The fourth-order valence-electron chi connectivity index (χ4n) is 2.91. The lowest BCUT2D eigenvalue weighted by Crippen LogP contribution is -2.45. The van der Waals surface area contributed by atoms with Gasteiger partial charge in [-0.05, 0) is 31.5 Å². The van der Waals surface area contributed by atoms with E-state index in [1.807, 2.05) is 30.3 Å². The molecule has 1 aliphatic heterocycles. The predicted molar refractivity (Wildman–Crippen MR) is 103 cm³/mol. The summed E-state index contributed by atoms with van der Waals surface area (Å²) in [5.41, 5.74) is 0.365. The molecule has 0 fully saturated rings. The van der Waals surface area contributed by atoms with Gasteiger partial charge in [0, 0.05) is 25.3 Å². The molecule has 1 aliphatic rings. The molecule has 0 spiro atoms. The maximum Gasteiger partial charge on any atom is 0.239 e. The van der Waals surface area contributed by atoms with Crippen LogP contribution in [0, 0.1) is 5.41 Å². The van der Waals surface area contributed by atoms with Crippen molar-refractivity contribution in [3.63, 3.8) is 0 Å². The molecule has 2 aromatic rings. The topological polar surface area (TPSA) is 67.9 Å². The second-order valence-electron chi connectivity index (χ2n) is 7.08. The van der Waals surface area contributed by atoms with Gasteiger partial charge in [-0.2, -0.15) is 0 Å². The molecule has 0 aromatic heterocycles. The molecule has 2 aromatic carbocycles. The number of fused-ring (bicyclic) bond motifs is 1. The van der Waals surface area contributed by atoms with E-state index in [1.165, 1.54) is 0 Å². The van der Waals surface area contributed by atoms with Crippen LogP contribution in [-0.2, 0) is 16.1 Å². The average molecular weight is 368 g/mol. The van der Waals surface area contributed by atoms with Gasteiger partial charge in [0.2, 0.25) is 11.8 Å². The van der Waals surface area contributed by atoms with Crippen molar-refractivity contribution in [1.29, 1.82) is 0 Å². The lowest BCUT2D eigenvalue weighted by atomic mass is 9.90. The number of benzene rings is 2. The summed E-state index contributed by atoms with van der Waals surface area (Å²) in [6, 6.07) is 14.9. The number of rotatable bonds is 5. The number of hydrogen-bond acceptors (Lipinski definition) is 4. The van der Waals surface area contributed by atoms with Crippen molar-refractivity contribution >= 4 is 17.5 Å². The van der Waals surface area contributed by atoms with E-state index in [0.717, 1.165) is 5.56 Å². The first-order valence-corrected chi connectivity index (χ1v) is 8.88. The maximum atomic E-state index is 12.9. The van der Waals surface area contributed by atoms with Gasteiger partial charge in [0.25, 0.3) is 0 Å². The highest BCUT2D eigenvalue weighted by molar-refractivity contribution is 6.09. The van der Waals surface area contributed by atoms with Crippen LogP contribution < -0.4 is 14.8 Å². The van der Waals surface area contributed by atoms with Gasteiger partial charge < -0.3 is 19.7 Å². The van der Waals surface area contributed by atoms with Crippen LogP contribution in [0.2, 0.25) is 0 Å². The maximum absolute atomic E-state index is 12.9. The monoisotopic (exact) mass is 368 g/mol. The van der Waals surface area contributed by atoms with Gasteiger partial charge >= 0.3 is 0 Å². The summed E-state index contributed by atoms with van der Waals surface area (Å²) in [6.07, 6.45) is 0. The van der Waals surface area contributed by atoms with E-state index in [1.54, 1.807) is 44.0 Å². The zero-order valence-electron chi connectivity index (χ0n) is 15.8. The molecule has 2 amide bonds. The number of hydrogen-bond donors (Lipinski definition) is 1. The van der Waals surface area contributed by atoms with Crippen molar-refractivity contribution in [1.82, 2.24) is 4.90 Å². The Morgan fingerprint density at radius 2 is 1.70 bits per heavy atom. The predicted octanol–water partition coefficient (Wildman–Crippen LogP) is 3.08. The molecule has 1 N–H and O–H groups in total. The summed E-state index contributed by atoms with van der Waals surface area (Å²) < 4.78 is 11.0. The van der Waals surface area contributed by atoms with Gasteiger partial charge in [0.15, 0.2) is 11.5 Å². The van der Waals surface area contributed by atoms with Crippen molar-refractivity contribution < 1.29 is 19.1 Å². The largest absolute Gasteiger partial charge is 0.486 e. The number of nitrogens with one attached hydrogen (secondary N) is 1. The number of nitrogens with zero attached hydrogens (tertiary/aromatic N) is 1. The first-order chi connectivity index (χ1) is 12.9. The minimum Gasteiger partial charge on any atom is -0.486 e. The van der Waals surface area contributed by atoms with Gasteiger partial charge in [-0.25, -0.2) is 0 Å². The first kappa shape index (κ1) is 18.8. The highest BCUT2D eigenvalue weighted by Gasteiger charge is 2.38. The van der Waals surface area contributed by atoms with Crippen molar-refractivity contribution in [2.45, 2.75) is 20.4 Å². The van der Waals surface area contributed by atoms with Crippen molar-refractivity contribution in [2.24, 2.45) is 5.41 Å². The Bertz CT molecular complexity index is 833. The molecule has 3 rings (SSSR count). The fourth-order valence-corrected chi connectivity index (χ4v) is 2.91. The van der Waals surface area contributed by atoms with Crippen LogP contribution in [0.1, 0.15) is 19.4 Å². The molecule has 0 atom stereocenters. The Labute approximate surface area is 159 Å². The van der Waals surface area contributed by atoms with Gasteiger partial charge in [-0.1, -0.05) is 30.3 Å². The third kappa shape index (κ3) is 4.22. The summed E-state index contributed by atoms with van der Waals surface area (Å²) >= 11 is 0. The first-order valence-electron chi connectivity index (χ1n) is 8.88. The van der Waals surface area contributed by atoms with Gasteiger partial charge in [-0.15, -0.1) is 0 Å². The van der Waals surface area contributed by atoms with Crippen molar-refractivity contribution in [3.05, 3.63) is 54.1 Å². The Morgan fingerprint density at radius 1 is 1.04 bits per heavy atom. The molecule has 0 aliphatic carbocycles. The minimum absolute atomic E-state index is 0.249. The third-order valence-electron chi connectivity index (χ3n) is 4.51. The Hall–Kier alpha value is -3.02. The van der Waals surface area contributed by atoms with Crippen LogP contribution in [-0.4, -0.2) is 37.0 Å². The summed E-state index contributed by atoms with van der Waals surface area (Å²) in [4.78, 5) is 27.2. The fraction of sp³-hybridized carbons (Fsp3) is 0.333. The second kappa shape index (κ2) is 7.70. The van der Waals surface area contributed by atoms with Crippen LogP contribution in [0.15, 0.2) is 48.5 Å². The Morgan fingerprint density at radius 3 is 2.41 bits per heavy atom. The van der Waals surface area contributed by atoms with E-state index < -0.39 is 5.41 Å². The molecule has 6 heteroatoms. The highest BCUT2D eigenvalue weighted by Crippen LogP contribution is 2.33. The zero-order chi connectivity index (χ0) is 19.4. The van der Waals surface area contributed by atoms with Crippen molar-refractivity contribution in [3.8, 4) is 11.5 Å². The van der Waals surface area contributed by atoms with Crippen LogP contribution in [0.25, 0.3) is 0 Å². The number of ether oxygens (including phenoxy) is 2.